The summed E-state index contributed by atoms with van der Waals surface area (Å²) in [5.41, 5.74) is 2.81. The number of aromatic nitrogens is 8. The Labute approximate surface area is 142 Å². The van der Waals surface area contributed by atoms with E-state index in [9.17, 15) is 13.2 Å². The number of aromatic amines is 2. The molecule has 0 saturated heterocycles. The van der Waals surface area contributed by atoms with Crippen LogP contribution in [0.25, 0.3) is 28.7 Å². The van der Waals surface area contributed by atoms with Gasteiger partial charge in [-0.25, -0.2) is 19.9 Å². The lowest BCUT2D eigenvalue weighted by atomic mass is 10.2. The van der Waals surface area contributed by atoms with Gasteiger partial charge in [0.05, 0.1) is 37.1 Å². The van der Waals surface area contributed by atoms with E-state index in [1.165, 1.54) is 12.5 Å². The lowest BCUT2D eigenvalue weighted by Gasteiger charge is -2.02. The molecule has 12 heteroatoms. The van der Waals surface area contributed by atoms with E-state index in [1.807, 2.05) is 5.10 Å². The topological polar surface area (TPSA) is 110 Å². The van der Waals surface area contributed by atoms with Crippen LogP contribution in [0.15, 0.2) is 18.7 Å². The first-order valence-electron chi connectivity index (χ1n) is 7.48. The van der Waals surface area contributed by atoms with E-state index in [0.717, 1.165) is 11.3 Å². The van der Waals surface area contributed by atoms with Gasteiger partial charge in [0.15, 0.2) is 0 Å². The predicted molar refractivity (Wildman–Crippen MR) is 79.4 cm³/mol. The van der Waals surface area contributed by atoms with Gasteiger partial charge in [0.25, 0.3) is 0 Å². The Morgan fingerprint density at radius 2 is 2.04 bits per heavy atom. The zero-order chi connectivity index (χ0) is 17.9. The van der Waals surface area contributed by atoms with Crippen LogP contribution in [0.4, 0.5) is 13.2 Å². The van der Waals surface area contributed by atoms with Gasteiger partial charge in [-0.2, -0.15) is 18.3 Å². The Kier molecular flexibility index (Phi) is 2.95. The first kappa shape index (κ1) is 15.0. The zero-order valence-electron chi connectivity index (χ0n) is 12.9. The Morgan fingerprint density at radius 1 is 1.15 bits per heavy atom. The molecule has 0 radical (unpaired) electrons. The molecule has 0 fully saturated rings. The highest BCUT2D eigenvalue weighted by atomic mass is 19.4. The Hall–Kier alpha value is -3.28. The number of fused-ring (bicyclic) bond motifs is 2. The van der Waals surface area contributed by atoms with Crippen molar-refractivity contribution in [3.8, 4) is 22.9 Å². The Morgan fingerprint density at radius 3 is 2.77 bits per heavy atom. The van der Waals surface area contributed by atoms with E-state index in [1.54, 1.807) is 10.6 Å². The summed E-state index contributed by atoms with van der Waals surface area (Å²) in [7, 11) is 0. The summed E-state index contributed by atoms with van der Waals surface area (Å²) in [5, 5.41) is 5.58. The Bertz CT molecular complexity index is 1110. The van der Waals surface area contributed by atoms with Crippen LogP contribution in [0.2, 0.25) is 0 Å². The smallest absolute Gasteiger partial charge is 0.370 e. The molecule has 0 bridgehead atoms. The maximum absolute atomic E-state index is 12.9. The summed E-state index contributed by atoms with van der Waals surface area (Å²) >= 11 is 0. The Balaban J connectivity index is 1.77. The van der Waals surface area contributed by atoms with E-state index in [0.29, 0.717) is 30.4 Å². The number of H-pyrrole nitrogens is 2. The number of rotatable bonds is 2. The first-order chi connectivity index (χ1) is 12.5. The number of imidazole rings is 2. The fourth-order valence-electron chi connectivity index (χ4n) is 2.84. The van der Waals surface area contributed by atoms with Crippen LogP contribution in [0.3, 0.4) is 0 Å². The number of halogens is 3. The van der Waals surface area contributed by atoms with Crippen LogP contribution in [-0.2, 0) is 24.1 Å². The maximum Gasteiger partial charge on any atom is 0.451 e. The molecule has 132 valence electrons. The fraction of sp³-hybridized carbons (Fsp3) is 0.214. The summed E-state index contributed by atoms with van der Waals surface area (Å²) in [4.78, 5) is 19.2. The van der Waals surface area contributed by atoms with Crippen LogP contribution in [0.1, 0.15) is 17.1 Å². The molecule has 0 aliphatic carbocycles. The third-order valence-corrected chi connectivity index (χ3v) is 4.00. The lowest BCUT2D eigenvalue weighted by molar-refractivity contribution is -0.144. The molecule has 0 amide bonds. The van der Waals surface area contributed by atoms with E-state index in [2.05, 4.69) is 30.0 Å². The molecular formula is C14H9F3N8O. The van der Waals surface area contributed by atoms with Crippen molar-refractivity contribution in [3.63, 3.8) is 0 Å². The molecule has 2 N–H and O–H groups in total. The number of hydrogen-bond acceptors (Lipinski definition) is 6. The van der Waals surface area contributed by atoms with Gasteiger partial charge in [0, 0.05) is 11.8 Å². The highest BCUT2D eigenvalue weighted by Gasteiger charge is 2.36. The van der Waals surface area contributed by atoms with Crippen LogP contribution < -0.4 is 0 Å². The normalized spacial score (nSPS) is 14.3. The summed E-state index contributed by atoms with van der Waals surface area (Å²) in [6, 6.07) is 0. The number of nitrogens with one attached hydrogen (secondary N) is 2. The van der Waals surface area contributed by atoms with Crippen molar-refractivity contribution in [2.45, 2.75) is 19.4 Å². The molecule has 4 aromatic heterocycles. The maximum atomic E-state index is 12.9. The minimum Gasteiger partial charge on any atom is -0.370 e. The fourth-order valence-corrected chi connectivity index (χ4v) is 2.84. The van der Waals surface area contributed by atoms with E-state index < -0.39 is 12.0 Å². The molecule has 4 aromatic rings. The predicted octanol–water partition coefficient (Wildman–Crippen LogP) is 1.95. The zero-order valence-corrected chi connectivity index (χ0v) is 12.9. The molecule has 0 spiro atoms. The van der Waals surface area contributed by atoms with Crippen molar-refractivity contribution < 1.29 is 17.9 Å². The molecule has 26 heavy (non-hydrogen) atoms. The standard InChI is InChI=1S/C14H9F3N8O/c15-14(16,17)12-22-11(23-24-12)9-10(7-1-18-5-19-7)25-2-6-3-26-4-8(6)20-13(25)21-9/h1-2,5H,3-4H2,(H,18,19)(H,22,23,24). The van der Waals surface area contributed by atoms with Crippen molar-refractivity contribution >= 4 is 5.78 Å². The highest BCUT2D eigenvalue weighted by Crippen LogP contribution is 2.33. The number of hydrogen-bond donors (Lipinski definition) is 2. The summed E-state index contributed by atoms with van der Waals surface area (Å²) in [6.45, 7) is 0.777. The second-order valence-corrected chi connectivity index (χ2v) is 5.66. The van der Waals surface area contributed by atoms with Crippen LogP contribution in [-0.4, -0.2) is 39.5 Å². The lowest BCUT2D eigenvalue weighted by Crippen LogP contribution is -2.07. The van der Waals surface area contributed by atoms with Gasteiger partial charge < -0.3 is 9.72 Å². The third-order valence-electron chi connectivity index (χ3n) is 4.00. The largest absolute Gasteiger partial charge is 0.451 e. The second kappa shape index (κ2) is 5.11. The van der Waals surface area contributed by atoms with Gasteiger partial charge in [0.2, 0.25) is 17.4 Å². The van der Waals surface area contributed by atoms with Gasteiger partial charge in [-0.3, -0.25) is 9.50 Å². The third kappa shape index (κ3) is 2.19. The molecule has 0 aromatic carbocycles. The molecule has 0 atom stereocenters. The molecule has 1 aliphatic rings. The minimum absolute atomic E-state index is 0.165. The molecule has 0 saturated carbocycles. The molecule has 5 heterocycles. The molecule has 9 nitrogen and oxygen atoms in total. The van der Waals surface area contributed by atoms with Crippen molar-refractivity contribution in [3.05, 3.63) is 35.8 Å². The van der Waals surface area contributed by atoms with Crippen LogP contribution in [0, 0.1) is 0 Å². The van der Waals surface area contributed by atoms with Gasteiger partial charge in [0.1, 0.15) is 11.4 Å². The average molecular weight is 362 g/mol. The summed E-state index contributed by atoms with van der Waals surface area (Å²) in [6.07, 6.45) is 0.166. The van der Waals surface area contributed by atoms with Crippen molar-refractivity contribution in [1.29, 1.82) is 0 Å². The van der Waals surface area contributed by atoms with E-state index in [4.69, 9.17) is 4.74 Å². The molecule has 5 rings (SSSR count). The minimum atomic E-state index is -4.63. The van der Waals surface area contributed by atoms with E-state index in [-0.39, 0.29) is 11.5 Å². The van der Waals surface area contributed by atoms with Crippen LogP contribution >= 0.6 is 0 Å². The molecular weight excluding hydrogens is 353 g/mol. The van der Waals surface area contributed by atoms with Gasteiger partial charge in [-0.15, -0.1) is 0 Å². The second-order valence-electron chi connectivity index (χ2n) is 5.66. The number of alkyl halides is 3. The van der Waals surface area contributed by atoms with Gasteiger partial charge >= 0.3 is 6.18 Å². The van der Waals surface area contributed by atoms with Crippen molar-refractivity contribution in [2.75, 3.05) is 0 Å². The quantitative estimate of drug-likeness (QED) is 0.564. The molecule has 0 unspecified atom stereocenters. The molecule has 1 aliphatic heterocycles. The number of ether oxygens (including phenoxy) is 1. The monoisotopic (exact) mass is 362 g/mol. The van der Waals surface area contributed by atoms with Crippen molar-refractivity contribution in [2.24, 2.45) is 0 Å². The first-order valence-corrected chi connectivity index (χ1v) is 7.48. The number of nitrogens with zero attached hydrogens (tertiary/aromatic N) is 6. The van der Waals surface area contributed by atoms with Crippen LogP contribution in [0.5, 0.6) is 0 Å². The summed E-state index contributed by atoms with van der Waals surface area (Å²) < 4.78 is 45.6. The van der Waals surface area contributed by atoms with Gasteiger partial charge in [-0.1, -0.05) is 0 Å². The van der Waals surface area contributed by atoms with Crippen molar-refractivity contribution in [1.82, 2.24) is 39.5 Å². The average Bonchev–Trinajstić information content (AvgIpc) is 3.34. The SMILES string of the molecule is FC(F)(F)c1nc(-c2nc3nc4c(cn3c2-c2cnc[nH]2)COC4)n[nH]1. The van der Waals surface area contributed by atoms with E-state index >= 15 is 0 Å². The van der Waals surface area contributed by atoms with Gasteiger partial charge in [-0.05, 0) is 0 Å². The summed E-state index contributed by atoms with van der Waals surface area (Å²) in [5.74, 6) is -1.06. The highest BCUT2D eigenvalue weighted by molar-refractivity contribution is 5.76.